The molecule has 116 valence electrons. The zero-order chi connectivity index (χ0) is 14.7. The zero-order valence-corrected chi connectivity index (χ0v) is 13.0. The van der Waals surface area contributed by atoms with Gasteiger partial charge in [-0.1, -0.05) is 25.7 Å². The molecule has 0 bridgehead atoms. The molecule has 1 aromatic heterocycles. The van der Waals surface area contributed by atoms with Crippen LogP contribution >= 0.6 is 0 Å². The summed E-state index contributed by atoms with van der Waals surface area (Å²) in [4.78, 5) is 11.2. The Morgan fingerprint density at radius 2 is 2.10 bits per heavy atom. The molecule has 3 rings (SSSR count). The fraction of sp³-hybridized carbons (Fsp3) is 0.750. The summed E-state index contributed by atoms with van der Waals surface area (Å²) in [6.07, 6.45) is 9.04. The molecule has 0 aromatic carbocycles. The summed E-state index contributed by atoms with van der Waals surface area (Å²) in [5.41, 5.74) is 7.02. The third-order valence-corrected chi connectivity index (χ3v) is 4.99. The van der Waals surface area contributed by atoms with Crippen molar-refractivity contribution in [3.8, 4) is 0 Å². The number of nitrogens with one attached hydrogen (secondary N) is 1. The van der Waals surface area contributed by atoms with Crippen LogP contribution in [-0.4, -0.2) is 36.1 Å². The molecule has 0 spiro atoms. The molecular formula is C16H27N5. The molecule has 2 heterocycles. The van der Waals surface area contributed by atoms with E-state index in [1.54, 1.807) is 0 Å². The Morgan fingerprint density at radius 1 is 1.29 bits per heavy atom. The predicted molar refractivity (Wildman–Crippen MR) is 86.4 cm³/mol. The van der Waals surface area contributed by atoms with Gasteiger partial charge in [-0.15, -0.1) is 0 Å². The molecule has 1 saturated heterocycles. The fourth-order valence-electron chi connectivity index (χ4n) is 3.65. The smallest absolute Gasteiger partial charge is 0.222 e. The van der Waals surface area contributed by atoms with Crippen LogP contribution in [0.5, 0.6) is 0 Å². The average Bonchev–Trinajstić information content (AvgIpc) is 3.16. The van der Waals surface area contributed by atoms with Crippen LogP contribution in [0.2, 0.25) is 0 Å². The Kier molecular flexibility index (Phi) is 4.58. The summed E-state index contributed by atoms with van der Waals surface area (Å²) >= 11 is 0. The lowest BCUT2D eigenvalue weighted by Crippen LogP contribution is -2.30. The number of rotatable bonds is 5. The number of aryl methyl sites for hydroxylation is 1. The lowest BCUT2D eigenvalue weighted by molar-refractivity contribution is 0.500. The van der Waals surface area contributed by atoms with Gasteiger partial charge in [0.2, 0.25) is 5.95 Å². The van der Waals surface area contributed by atoms with Gasteiger partial charge >= 0.3 is 0 Å². The number of likely N-dealkylation sites (N-methyl/N-ethyl adjacent to an activating group) is 1. The number of nitrogen functional groups attached to an aromatic ring is 1. The highest BCUT2D eigenvalue weighted by atomic mass is 15.2. The summed E-state index contributed by atoms with van der Waals surface area (Å²) in [6.45, 7) is 2.05. The maximum Gasteiger partial charge on any atom is 0.222 e. The standard InChI is InChI=1S/C16H27N5/c1-18-14-8-9-21(11-14)15-10-13(19-16(17)20-15)7-6-12-4-2-3-5-12/h10,12,14,18H,2-9,11H2,1H3,(H2,17,19,20)/t14-/m1/s1. The van der Waals surface area contributed by atoms with E-state index in [4.69, 9.17) is 5.73 Å². The number of nitrogens with zero attached hydrogens (tertiary/aromatic N) is 3. The lowest BCUT2D eigenvalue weighted by Gasteiger charge is -2.18. The van der Waals surface area contributed by atoms with Crippen molar-refractivity contribution in [2.24, 2.45) is 5.92 Å². The van der Waals surface area contributed by atoms with E-state index in [2.05, 4.69) is 26.3 Å². The Hall–Kier alpha value is -1.36. The highest BCUT2D eigenvalue weighted by Crippen LogP contribution is 2.29. The van der Waals surface area contributed by atoms with Gasteiger partial charge in [0.25, 0.3) is 0 Å². The van der Waals surface area contributed by atoms with E-state index >= 15 is 0 Å². The van der Waals surface area contributed by atoms with Crippen molar-refractivity contribution in [3.63, 3.8) is 0 Å². The van der Waals surface area contributed by atoms with Gasteiger partial charge in [-0.05, 0) is 32.2 Å². The monoisotopic (exact) mass is 289 g/mol. The summed E-state index contributed by atoms with van der Waals surface area (Å²) in [5.74, 6) is 2.31. The summed E-state index contributed by atoms with van der Waals surface area (Å²) in [5, 5.41) is 3.34. The molecular weight excluding hydrogens is 262 g/mol. The molecule has 0 amide bonds. The van der Waals surface area contributed by atoms with Crippen LogP contribution in [0.1, 0.15) is 44.2 Å². The minimum Gasteiger partial charge on any atom is -0.368 e. The second-order valence-corrected chi connectivity index (χ2v) is 6.49. The second kappa shape index (κ2) is 6.60. The Bertz CT molecular complexity index is 470. The number of anilines is 2. The fourth-order valence-corrected chi connectivity index (χ4v) is 3.65. The third kappa shape index (κ3) is 3.64. The van der Waals surface area contributed by atoms with Gasteiger partial charge in [-0.2, -0.15) is 4.98 Å². The van der Waals surface area contributed by atoms with Crippen LogP contribution in [-0.2, 0) is 6.42 Å². The largest absolute Gasteiger partial charge is 0.368 e. The lowest BCUT2D eigenvalue weighted by atomic mass is 10.0. The van der Waals surface area contributed by atoms with Gasteiger partial charge in [-0.3, -0.25) is 0 Å². The van der Waals surface area contributed by atoms with E-state index in [-0.39, 0.29) is 0 Å². The van der Waals surface area contributed by atoms with Crippen LogP contribution in [0.3, 0.4) is 0 Å². The van der Waals surface area contributed by atoms with Crippen molar-refractivity contribution in [1.82, 2.24) is 15.3 Å². The predicted octanol–water partition coefficient (Wildman–Crippen LogP) is 1.98. The van der Waals surface area contributed by atoms with Gasteiger partial charge in [0.05, 0.1) is 0 Å². The molecule has 21 heavy (non-hydrogen) atoms. The minimum absolute atomic E-state index is 0.418. The van der Waals surface area contributed by atoms with Gasteiger partial charge in [0, 0.05) is 30.9 Å². The topological polar surface area (TPSA) is 67.1 Å². The van der Waals surface area contributed by atoms with Crippen molar-refractivity contribution < 1.29 is 0 Å². The normalized spacial score (nSPS) is 23.1. The van der Waals surface area contributed by atoms with E-state index in [9.17, 15) is 0 Å². The van der Waals surface area contributed by atoms with Crippen LogP contribution < -0.4 is 16.0 Å². The molecule has 1 saturated carbocycles. The molecule has 0 unspecified atom stereocenters. The Morgan fingerprint density at radius 3 is 2.81 bits per heavy atom. The van der Waals surface area contributed by atoms with E-state index < -0.39 is 0 Å². The molecule has 1 aromatic rings. The molecule has 5 heteroatoms. The molecule has 0 radical (unpaired) electrons. The van der Waals surface area contributed by atoms with Crippen molar-refractivity contribution in [2.75, 3.05) is 30.8 Å². The van der Waals surface area contributed by atoms with Gasteiger partial charge < -0.3 is 16.0 Å². The van der Waals surface area contributed by atoms with Crippen molar-refractivity contribution in [3.05, 3.63) is 11.8 Å². The first kappa shape index (κ1) is 14.6. The molecule has 3 N–H and O–H groups in total. The van der Waals surface area contributed by atoms with Gasteiger partial charge in [0.15, 0.2) is 0 Å². The van der Waals surface area contributed by atoms with E-state index in [0.29, 0.717) is 12.0 Å². The zero-order valence-electron chi connectivity index (χ0n) is 13.0. The van der Waals surface area contributed by atoms with Crippen LogP contribution in [0, 0.1) is 5.92 Å². The Balaban J connectivity index is 1.64. The molecule has 2 fully saturated rings. The summed E-state index contributed by atoms with van der Waals surface area (Å²) < 4.78 is 0. The van der Waals surface area contributed by atoms with Crippen LogP contribution in [0.15, 0.2) is 6.07 Å². The van der Waals surface area contributed by atoms with Gasteiger partial charge in [-0.25, -0.2) is 4.98 Å². The molecule has 1 atom stereocenters. The maximum atomic E-state index is 5.91. The first-order valence-electron chi connectivity index (χ1n) is 8.30. The highest BCUT2D eigenvalue weighted by molar-refractivity contribution is 5.44. The Labute approximate surface area is 127 Å². The second-order valence-electron chi connectivity index (χ2n) is 6.49. The van der Waals surface area contributed by atoms with E-state index in [0.717, 1.165) is 43.4 Å². The minimum atomic E-state index is 0.418. The SMILES string of the molecule is CN[C@@H]1CCN(c2cc(CCC3CCCC3)nc(N)n2)C1. The van der Waals surface area contributed by atoms with Crippen molar-refractivity contribution in [2.45, 2.75) is 51.0 Å². The maximum absolute atomic E-state index is 5.91. The van der Waals surface area contributed by atoms with Crippen molar-refractivity contribution >= 4 is 11.8 Å². The first-order chi connectivity index (χ1) is 10.2. The van der Waals surface area contributed by atoms with Gasteiger partial charge in [0.1, 0.15) is 5.82 Å². The highest BCUT2D eigenvalue weighted by Gasteiger charge is 2.23. The average molecular weight is 289 g/mol. The molecule has 2 aliphatic rings. The number of hydrogen-bond acceptors (Lipinski definition) is 5. The van der Waals surface area contributed by atoms with E-state index in [1.807, 2.05) is 7.05 Å². The molecule has 1 aliphatic carbocycles. The van der Waals surface area contributed by atoms with Crippen molar-refractivity contribution in [1.29, 1.82) is 0 Å². The number of hydrogen-bond donors (Lipinski definition) is 2. The third-order valence-electron chi connectivity index (χ3n) is 4.99. The summed E-state index contributed by atoms with van der Waals surface area (Å²) in [6, 6.07) is 2.70. The first-order valence-corrected chi connectivity index (χ1v) is 8.30. The summed E-state index contributed by atoms with van der Waals surface area (Å²) in [7, 11) is 2.02. The van der Waals surface area contributed by atoms with Crippen LogP contribution in [0.4, 0.5) is 11.8 Å². The number of aromatic nitrogens is 2. The molecule has 1 aliphatic heterocycles. The number of nitrogens with two attached hydrogens (primary N) is 1. The van der Waals surface area contributed by atoms with Crippen LogP contribution in [0.25, 0.3) is 0 Å². The quantitative estimate of drug-likeness (QED) is 0.867. The van der Waals surface area contributed by atoms with E-state index in [1.165, 1.54) is 32.1 Å². The molecule has 5 nitrogen and oxygen atoms in total.